The van der Waals surface area contributed by atoms with Crippen molar-refractivity contribution in [2.75, 3.05) is 0 Å². The van der Waals surface area contributed by atoms with E-state index in [9.17, 15) is 0 Å². The van der Waals surface area contributed by atoms with Crippen molar-refractivity contribution in [1.29, 1.82) is 0 Å². The summed E-state index contributed by atoms with van der Waals surface area (Å²) in [7, 11) is 0. The van der Waals surface area contributed by atoms with E-state index in [1.54, 1.807) is 0 Å². The highest BCUT2D eigenvalue weighted by molar-refractivity contribution is 5.64. The van der Waals surface area contributed by atoms with Gasteiger partial charge in [-0.25, -0.2) is 0 Å². The molecule has 3 aromatic carbocycles. The van der Waals surface area contributed by atoms with E-state index in [2.05, 4.69) is 93.7 Å². The summed E-state index contributed by atoms with van der Waals surface area (Å²) in [5, 5.41) is 0. The highest BCUT2D eigenvalue weighted by Crippen LogP contribution is 2.33. The second-order valence-corrected chi connectivity index (χ2v) is 7.54. The van der Waals surface area contributed by atoms with Gasteiger partial charge in [0, 0.05) is 0 Å². The van der Waals surface area contributed by atoms with Crippen molar-refractivity contribution in [2.24, 2.45) is 0 Å². The lowest BCUT2D eigenvalue weighted by atomic mass is 9.78. The molecular formula is C27H30. The highest BCUT2D eigenvalue weighted by atomic mass is 14.3. The van der Waals surface area contributed by atoms with Crippen molar-refractivity contribution in [3.8, 4) is 0 Å². The van der Waals surface area contributed by atoms with Crippen LogP contribution in [0, 0.1) is 0 Å². The summed E-state index contributed by atoms with van der Waals surface area (Å²) in [5.41, 5.74) is 6.26. The van der Waals surface area contributed by atoms with Gasteiger partial charge in [0.05, 0.1) is 0 Å². The first kappa shape index (κ1) is 20.5. The molecule has 138 valence electrons. The van der Waals surface area contributed by atoms with Crippen molar-refractivity contribution in [3.63, 3.8) is 0 Å². The Morgan fingerprint density at radius 3 is 1.48 bits per heavy atom. The van der Waals surface area contributed by atoms with Crippen LogP contribution in [0.2, 0.25) is 0 Å². The van der Waals surface area contributed by atoms with Crippen molar-refractivity contribution in [1.82, 2.24) is 0 Å². The molecule has 0 N–H and O–H groups in total. The van der Waals surface area contributed by atoms with Gasteiger partial charge in [-0.1, -0.05) is 124 Å². The van der Waals surface area contributed by atoms with Crippen LogP contribution >= 0.6 is 0 Å². The third kappa shape index (κ3) is 6.42. The summed E-state index contributed by atoms with van der Waals surface area (Å²) in [4.78, 5) is 0. The molecule has 3 rings (SSSR count). The molecule has 0 aromatic heterocycles. The van der Waals surface area contributed by atoms with Crippen LogP contribution in [0.4, 0.5) is 0 Å². The van der Waals surface area contributed by atoms with Gasteiger partial charge in [-0.3, -0.25) is 0 Å². The first-order chi connectivity index (χ1) is 12.9. The minimum atomic E-state index is 0.119. The molecule has 0 atom stereocenters. The fraction of sp³-hybridized carbons (Fsp3) is 0.185. The zero-order valence-corrected chi connectivity index (χ0v) is 16.8. The summed E-state index contributed by atoms with van der Waals surface area (Å²) in [6.45, 7) is 14.6. The summed E-state index contributed by atoms with van der Waals surface area (Å²) in [6, 6.07) is 31.2. The van der Waals surface area contributed by atoms with E-state index < -0.39 is 0 Å². The number of hydrogen-bond acceptors (Lipinski definition) is 0. The second kappa shape index (κ2) is 9.73. The van der Waals surface area contributed by atoms with E-state index in [4.69, 9.17) is 0 Å². The number of rotatable bonds is 5. The normalized spacial score (nSPS) is 10.5. The average molecular weight is 355 g/mol. The Balaban J connectivity index is 0.000000244. The van der Waals surface area contributed by atoms with Gasteiger partial charge >= 0.3 is 0 Å². The lowest BCUT2D eigenvalue weighted by molar-refractivity contribution is 0.542. The Kier molecular flexibility index (Phi) is 7.37. The summed E-state index contributed by atoms with van der Waals surface area (Å²) >= 11 is 0. The molecule has 0 saturated heterocycles. The van der Waals surface area contributed by atoms with Crippen molar-refractivity contribution in [2.45, 2.75) is 32.6 Å². The Labute approximate surface area is 164 Å². The van der Waals surface area contributed by atoms with Gasteiger partial charge in [-0.15, -0.1) is 0 Å². The van der Waals surface area contributed by atoms with E-state index in [-0.39, 0.29) is 5.41 Å². The monoisotopic (exact) mass is 354 g/mol. The molecule has 0 spiro atoms. The minimum Gasteiger partial charge on any atom is -0.0955 e. The molecule has 0 heterocycles. The first-order valence-corrected chi connectivity index (χ1v) is 9.40. The lowest BCUT2D eigenvalue weighted by Crippen LogP contribution is -2.17. The van der Waals surface area contributed by atoms with Crippen LogP contribution in [0.15, 0.2) is 104 Å². The zero-order valence-electron chi connectivity index (χ0n) is 16.8. The Morgan fingerprint density at radius 2 is 1.07 bits per heavy atom. The fourth-order valence-electron chi connectivity index (χ4n) is 3.02. The molecule has 0 unspecified atom stereocenters. The predicted molar refractivity (Wildman–Crippen MR) is 121 cm³/mol. The molecule has 27 heavy (non-hydrogen) atoms. The van der Waals surface area contributed by atoms with Crippen LogP contribution in [-0.2, 0) is 5.41 Å². The molecule has 0 nitrogen and oxygen atoms in total. The standard InChI is InChI=1S/C18H20.C9H10/c1-15(16-10-6-4-7-11-16)14-18(2,3)17-12-8-5-9-13-17;1-8(2)9-6-4-3-5-7-9/h4-13H,1,14H2,2-3H3;3-7H,1H2,2H3. The quantitative estimate of drug-likeness (QED) is 0.438. The first-order valence-electron chi connectivity index (χ1n) is 9.40. The Hall–Kier alpha value is -2.86. The van der Waals surface area contributed by atoms with Gasteiger partial charge in [-0.05, 0) is 41.0 Å². The maximum atomic E-state index is 4.24. The molecule has 3 aromatic rings. The molecule has 0 aliphatic rings. The smallest absolute Gasteiger partial charge is 0.00632 e. The minimum absolute atomic E-state index is 0.119. The van der Waals surface area contributed by atoms with Gasteiger partial charge in [0.1, 0.15) is 0 Å². The number of allylic oxidation sites excluding steroid dienone is 2. The van der Waals surface area contributed by atoms with E-state index in [0.29, 0.717) is 0 Å². The van der Waals surface area contributed by atoms with Gasteiger partial charge in [0.15, 0.2) is 0 Å². The predicted octanol–water partition coefficient (Wildman–Crippen LogP) is 7.79. The highest BCUT2D eigenvalue weighted by Gasteiger charge is 2.21. The maximum Gasteiger partial charge on any atom is -0.00632 e. The molecule has 0 amide bonds. The van der Waals surface area contributed by atoms with Crippen LogP contribution in [-0.4, -0.2) is 0 Å². The molecular weight excluding hydrogens is 324 g/mol. The van der Waals surface area contributed by atoms with Crippen LogP contribution < -0.4 is 0 Å². The van der Waals surface area contributed by atoms with Crippen molar-refractivity contribution in [3.05, 3.63) is 121 Å². The molecule has 0 saturated carbocycles. The fourth-order valence-corrected chi connectivity index (χ4v) is 3.02. The maximum absolute atomic E-state index is 4.24. The van der Waals surface area contributed by atoms with Gasteiger partial charge in [0.25, 0.3) is 0 Å². The van der Waals surface area contributed by atoms with E-state index in [0.717, 1.165) is 12.0 Å². The third-order valence-corrected chi connectivity index (χ3v) is 4.66. The Morgan fingerprint density at radius 1 is 0.667 bits per heavy atom. The van der Waals surface area contributed by atoms with Crippen LogP contribution in [0.1, 0.15) is 43.9 Å². The molecule has 0 fully saturated rings. The van der Waals surface area contributed by atoms with Crippen molar-refractivity contribution < 1.29 is 0 Å². The zero-order chi connectivity index (χ0) is 19.7. The molecule has 0 radical (unpaired) electrons. The average Bonchev–Trinajstić information content (AvgIpc) is 2.70. The van der Waals surface area contributed by atoms with Gasteiger partial charge < -0.3 is 0 Å². The number of hydrogen-bond donors (Lipinski definition) is 0. The van der Waals surface area contributed by atoms with E-state index in [1.165, 1.54) is 22.3 Å². The topological polar surface area (TPSA) is 0 Å². The summed E-state index contributed by atoms with van der Waals surface area (Å²) in [6.07, 6.45) is 0.973. The van der Waals surface area contributed by atoms with Crippen molar-refractivity contribution >= 4 is 11.1 Å². The molecule has 0 aliphatic heterocycles. The lowest BCUT2D eigenvalue weighted by Gasteiger charge is -2.26. The Bertz CT molecular complexity index is 840. The molecule has 0 heteroatoms. The van der Waals surface area contributed by atoms with Gasteiger partial charge in [-0.2, -0.15) is 0 Å². The van der Waals surface area contributed by atoms with Crippen LogP contribution in [0.5, 0.6) is 0 Å². The van der Waals surface area contributed by atoms with Gasteiger partial charge in [0.2, 0.25) is 0 Å². The summed E-state index contributed by atoms with van der Waals surface area (Å²) in [5.74, 6) is 0. The molecule has 0 aliphatic carbocycles. The summed E-state index contributed by atoms with van der Waals surface area (Å²) < 4.78 is 0. The molecule has 0 bridgehead atoms. The number of benzene rings is 3. The van der Waals surface area contributed by atoms with Crippen LogP contribution in [0.25, 0.3) is 11.1 Å². The largest absolute Gasteiger partial charge is 0.0955 e. The SMILES string of the molecule is C=C(C)c1ccccc1.C=C(CC(C)(C)c1ccccc1)c1ccccc1. The third-order valence-electron chi connectivity index (χ3n) is 4.66. The second-order valence-electron chi connectivity index (χ2n) is 7.54. The van der Waals surface area contributed by atoms with E-state index in [1.807, 2.05) is 31.2 Å². The van der Waals surface area contributed by atoms with E-state index >= 15 is 0 Å². The van der Waals surface area contributed by atoms with Crippen LogP contribution in [0.3, 0.4) is 0 Å².